The highest BCUT2D eigenvalue weighted by Crippen LogP contribution is 2.36. The summed E-state index contributed by atoms with van der Waals surface area (Å²) in [7, 11) is 1.76. The van der Waals surface area contributed by atoms with Crippen molar-refractivity contribution in [3.05, 3.63) is 79.5 Å². The molecule has 0 unspecified atom stereocenters. The zero-order valence-corrected chi connectivity index (χ0v) is 17.7. The van der Waals surface area contributed by atoms with Crippen LogP contribution in [0.5, 0.6) is 5.75 Å². The smallest absolute Gasteiger partial charge is 0.251 e. The first-order valence-corrected chi connectivity index (χ1v) is 9.67. The molecule has 0 fully saturated rings. The summed E-state index contributed by atoms with van der Waals surface area (Å²) in [4.78, 5) is 12.5. The maximum atomic E-state index is 12.5. The Bertz CT molecular complexity index is 978. The lowest BCUT2D eigenvalue weighted by Gasteiger charge is -2.11. The average Bonchev–Trinajstić information content (AvgIpc) is 2.97. The molecule has 3 rings (SSSR count). The third-order valence-electron chi connectivity index (χ3n) is 3.96. The Balaban J connectivity index is 1.66. The van der Waals surface area contributed by atoms with E-state index in [9.17, 15) is 4.79 Å². The molecule has 146 valence electrons. The number of hydrogen-bond donors (Lipinski definition) is 1. The van der Waals surface area contributed by atoms with E-state index in [0.29, 0.717) is 31.4 Å². The van der Waals surface area contributed by atoms with Gasteiger partial charge in [-0.3, -0.25) is 9.48 Å². The van der Waals surface area contributed by atoms with Crippen LogP contribution in [0.3, 0.4) is 0 Å². The highest BCUT2D eigenvalue weighted by atomic mass is 35.5. The third kappa shape index (κ3) is 4.92. The van der Waals surface area contributed by atoms with Gasteiger partial charge in [-0.15, -0.1) is 0 Å². The van der Waals surface area contributed by atoms with E-state index in [2.05, 4.69) is 10.4 Å². The molecular formula is C19H15Cl4N3O2. The van der Waals surface area contributed by atoms with Crippen LogP contribution in [0, 0.1) is 0 Å². The molecule has 0 saturated carbocycles. The predicted molar refractivity (Wildman–Crippen MR) is 112 cm³/mol. The van der Waals surface area contributed by atoms with E-state index in [1.807, 2.05) is 6.07 Å². The molecule has 1 aromatic heterocycles. The average molecular weight is 459 g/mol. The molecule has 0 saturated heterocycles. The van der Waals surface area contributed by atoms with Gasteiger partial charge < -0.3 is 10.1 Å². The van der Waals surface area contributed by atoms with Gasteiger partial charge in [-0.2, -0.15) is 5.10 Å². The van der Waals surface area contributed by atoms with Gasteiger partial charge in [0.15, 0.2) is 5.75 Å². The number of hydrogen-bond acceptors (Lipinski definition) is 3. The molecule has 0 spiro atoms. The maximum Gasteiger partial charge on any atom is 0.251 e. The molecule has 3 aromatic rings. The topological polar surface area (TPSA) is 56.2 Å². The lowest BCUT2D eigenvalue weighted by Crippen LogP contribution is -2.24. The third-order valence-corrected chi connectivity index (χ3v) is 5.06. The molecule has 9 heteroatoms. The van der Waals surface area contributed by atoms with Crippen molar-refractivity contribution in [3.8, 4) is 5.75 Å². The van der Waals surface area contributed by atoms with Crippen molar-refractivity contribution in [1.29, 1.82) is 0 Å². The second-order valence-electron chi connectivity index (χ2n) is 5.93. The van der Waals surface area contributed by atoms with Crippen LogP contribution in [0.15, 0.2) is 42.6 Å². The van der Waals surface area contributed by atoms with Gasteiger partial charge in [0.05, 0.1) is 33.5 Å². The minimum Gasteiger partial charge on any atom is -0.486 e. The molecule has 0 bridgehead atoms. The highest BCUT2D eigenvalue weighted by molar-refractivity contribution is 6.40. The van der Waals surface area contributed by atoms with Gasteiger partial charge in [0.1, 0.15) is 6.61 Å². The lowest BCUT2D eigenvalue weighted by atomic mass is 10.1. The Morgan fingerprint density at radius 3 is 2.46 bits per heavy atom. The molecule has 0 radical (unpaired) electrons. The number of benzene rings is 2. The molecular weight excluding hydrogens is 444 g/mol. The SMILES string of the molecule is Cn1ncc(Cl)c1CNC(=O)c1cccc(COc2c(Cl)cc(Cl)cc2Cl)c1. The molecule has 1 heterocycles. The Labute approximate surface area is 182 Å². The second kappa shape index (κ2) is 9.05. The lowest BCUT2D eigenvalue weighted by molar-refractivity contribution is 0.0950. The first-order chi connectivity index (χ1) is 13.3. The van der Waals surface area contributed by atoms with Crippen molar-refractivity contribution in [2.24, 2.45) is 7.05 Å². The van der Waals surface area contributed by atoms with E-state index >= 15 is 0 Å². The van der Waals surface area contributed by atoms with Crippen LogP contribution in [0.25, 0.3) is 0 Å². The molecule has 0 aliphatic rings. The normalized spacial score (nSPS) is 10.8. The van der Waals surface area contributed by atoms with Crippen molar-refractivity contribution < 1.29 is 9.53 Å². The number of carbonyl (C=O) groups excluding carboxylic acids is 1. The van der Waals surface area contributed by atoms with Gasteiger partial charge >= 0.3 is 0 Å². The van der Waals surface area contributed by atoms with Crippen molar-refractivity contribution >= 4 is 52.3 Å². The summed E-state index contributed by atoms with van der Waals surface area (Å²) in [5.74, 6) is 0.107. The van der Waals surface area contributed by atoms with Crippen LogP contribution in [0.1, 0.15) is 21.6 Å². The molecule has 1 N–H and O–H groups in total. The largest absolute Gasteiger partial charge is 0.486 e. The monoisotopic (exact) mass is 457 g/mol. The van der Waals surface area contributed by atoms with Crippen LogP contribution in [-0.2, 0) is 20.2 Å². The molecule has 5 nitrogen and oxygen atoms in total. The number of nitrogens with one attached hydrogen (secondary N) is 1. The molecule has 2 aromatic carbocycles. The van der Waals surface area contributed by atoms with Crippen molar-refractivity contribution in [2.45, 2.75) is 13.2 Å². The molecule has 0 aliphatic heterocycles. The Hall–Kier alpha value is -1.92. The van der Waals surface area contributed by atoms with E-state index in [-0.39, 0.29) is 19.1 Å². The number of rotatable bonds is 6. The van der Waals surface area contributed by atoms with Crippen molar-refractivity contribution in [2.75, 3.05) is 0 Å². The van der Waals surface area contributed by atoms with Gasteiger partial charge in [-0.05, 0) is 29.8 Å². The summed E-state index contributed by atoms with van der Waals surface area (Å²) in [6.45, 7) is 0.459. The van der Waals surface area contributed by atoms with E-state index in [4.69, 9.17) is 51.1 Å². The van der Waals surface area contributed by atoms with Crippen molar-refractivity contribution in [3.63, 3.8) is 0 Å². The van der Waals surface area contributed by atoms with E-state index in [1.165, 1.54) is 6.20 Å². The fourth-order valence-electron chi connectivity index (χ4n) is 2.53. The molecule has 0 atom stereocenters. The van der Waals surface area contributed by atoms with Crippen LogP contribution in [0.4, 0.5) is 0 Å². The first kappa shape index (κ1) is 20.8. The van der Waals surface area contributed by atoms with Crippen LogP contribution >= 0.6 is 46.4 Å². The molecule has 28 heavy (non-hydrogen) atoms. The Morgan fingerprint density at radius 2 is 1.82 bits per heavy atom. The maximum absolute atomic E-state index is 12.5. The molecule has 0 aliphatic carbocycles. The fourth-order valence-corrected chi connectivity index (χ4v) is 3.68. The van der Waals surface area contributed by atoms with Gasteiger partial charge in [0, 0.05) is 17.6 Å². The van der Waals surface area contributed by atoms with Crippen molar-refractivity contribution in [1.82, 2.24) is 15.1 Å². The van der Waals surface area contributed by atoms with Gasteiger partial charge in [-0.1, -0.05) is 58.5 Å². The van der Waals surface area contributed by atoms with E-state index in [1.54, 1.807) is 42.1 Å². The van der Waals surface area contributed by atoms with Crippen LogP contribution in [0.2, 0.25) is 20.1 Å². The number of amides is 1. The minimum atomic E-state index is -0.235. The number of aromatic nitrogens is 2. The summed E-state index contributed by atoms with van der Waals surface area (Å²) in [5.41, 5.74) is 2.00. The zero-order chi connectivity index (χ0) is 20.3. The fraction of sp³-hybridized carbons (Fsp3) is 0.158. The van der Waals surface area contributed by atoms with Gasteiger partial charge in [0.2, 0.25) is 0 Å². The standard InChI is InChI=1S/C19H15Cl4N3O2/c1-26-17(16(23)8-25-26)9-24-19(27)12-4-2-3-11(5-12)10-28-18-14(21)6-13(20)7-15(18)22/h2-8H,9-10H2,1H3,(H,24,27). The highest BCUT2D eigenvalue weighted by Gasteiger charge is 2.12. The summed E-state index contributed by atoms with van der Waals surface area (Å²) < 4.78 is 7.33. The van der Waals surface area contributed by atoms with Gasteiger partial charge in [-0.25, -0.2) is 0 Å². The zero-order valence-electron chi connectivity index (χ0n) is 14.7. The van der Waals surface area contributed by atoms with Gasteiger partial charge in [0.25, 0.3) is 5.91 Å². The number of aryl methyl sites for hydroxylation is 1. The van der Waals surface area contributed by atoms with E-state index in [0.717, 1.165) is 11.3 Å². The van der Waals surface area contributed by atoms with Crippen LogP contribution < -0.4 is 10.1 Å². The Kier molecular flexibility index (Phi) is 6.73. The Morgan fingerprint density at radius 1 is 1.11 bits per heavy atom. The number of carbonyl (C=O) groups is 1. The predicted octanol–water partition coefficient (Wildman–Crippen LogP) is 5.54. The summed E-state index contributed by atoms with van der Waals surface area (Å²) in [6, 6.07) is 10.2. The number of nitrogens with zero attached hydrogens (tertiary/aromatic N) is 2. The summed E-state index contributed by atoms with van der Waals surface area (Å²) >= 11 is 24.2. The summed E-state index contributed by atoms with van der Waals surface area (Å²) in [6.07, 6.45) is 1.54. The van der Waals surface area contributed by atoms with Crippen LogP contribution in [-0.4, -0.2) is 15.7 Å². The number of ether oxygens (including phenoxy) is 1. The first-order valence-electron chi connectivity index (χ1n) is 8.16. The molecule has 1 amide bonds. The number of halogens is 4. The summed E-state index contributed by atoms with van der Waals surface area (Å²) in [5, 5.41) is 8.43. The minimum absolute atomic E-state index is 0.190. The van der Waals surface area contributed by atoms with E-state index < -0.39 is 0 Å². The quantitative estimate of drug-likeness (QED) is 0.527. The second-order valence-corrected chi connectivity index (χ2v) is 7.59.